The average Bonchev–Trinajstić information content (AvgIpc) is 2.81. The van der Waals surface area contributed by atoms with Crippen LogP contribution in [0.2, 0.25) is 0 Å². The van der Waals surface area contributed by atoms with E-state index in [2.05, 4.69) is 54.9 Å². The number of para-hydroxylation sites is 1. The molecule has 0 aliphatic heterocycles. The maximum atomic E-state index is 4.56. The topological polar surface area (TPSA) is 29.9 Å². The largest absolute Gasteiger partial charge is 0.310 e. The van der Waals surface area contributed by atoms with Crippen molar-refractivity contribution < 1.29 is 0 Å². The average molecular weight is 257 g/mol. The van der Waals surface area contributed by atoms with E-state index in [1.165, 1.54) is 11.3 Å². The van der Waals surface area contributed by atoms with Crippen LogP contribution >= 0.6 is 0 Å². The number of hydrogen-bond acceptors (Lipinski definition) is 2. The Morgan fingerprint density at radius 1 is 1.11 bits per heavy atom. The van der Waals surface area contributed by atoms with E-state index in [1.54, 1.807) is 0 Å². The zero-order valence-corrected chi connectivity index (χ0v) is 12.2. The summed E-state index contributed by atoms with van der Waals surface area (Å²) in [5.74, 6) is 0.451. The number of nitrogens with zero attached hydrogens (tertiary/aromatic N) is 2. The molecule has 2 aromatic rings. The first-order valence-corrected chi connectivity index (χ1v) is 6.95. The van der Waals surface area contributed by atoms with E-state index < -0.39 is 0 Å². The van der Waals surface area contributed by atoms with Gasteiger partial charge in [0.1, 0.15) is 0 Å². The zero-order chi connectivity index (χ0) is 13.8. The van der Waals surface area contributed by atoms with Gasteiger partial charge in [-0.3, -0.25) is 0 Å². The van der Waals surface area contributed by atoms with Crippen LogP contribution in [0.1, 0.15) is 44.9 Å². The van der Waals surface area contributed by atoms with Gasteiger partial charge in [0.25, 0.3) is 0 Å². The highest BCUT2D eigenvalue weighted by Gasteiger charge is 2.15. The van der Waals surface area contributed by atoms with E-state index in [0.717, 1.165) is 12.2 Å². The third kappa shape index (κ3) is 3.24. The molecule has 0 aliphatic carbocycles. The van der Waals surface area contributed by atoms with Gasteiger partial charge >= 0.3 is 0 Å². The molecule has 0 spiro atoms. The van der Waals surface area contributed by atoms with Crippen LogP contribution in [0.15, 0.2) is 36.5 Å². The molecule has 3 nitrogen and oxygen atoms in total. The molecule has 0 unspecified atom stereocenters. The van der Waals surface area contributed by atoms with Crippen LogP contribution in [-0.2, 0) is 6.54 Å². The third-order valence-electron chi connectivity index (χ3n) is 3.13. The van der Waals surface area contributed by atoms with Crippen LogP contribution in [0.4, 0.5) is 0 Å². The quantitative estimate of drug-likeness (QED) is 0.888. The maximum absolute atomic E-state index is 4.56. The molecule has 0 radical (unpaired) electrons. The Bertz CT molecular complexity index is 512. The summed E-state index contributed by atoms with van der Waals surface area (Å²) in [6.45, 7) is 9.63. The summed E-state index contributed by atoms with van der Waals surface area (Å²) in [6, 6.07) is 10.8. The Kier molecular flexibility index (Phi) is 4.38. The number of benzene rings is 1. The highest BCUT2D eigenvalue weighted by molar-refractivity contribution is 5.36. The lowest BCUT2D eigenvalue weighted by molar-refractivity contribution is 0.582. The Hall–Kier alpha value is -1.61. The van der Waals surface area contributed by atoms with E-state index in [4.69, 9.17) is 0 Å². The Morgan fingerprint density at radius 2 is 1.79 bits per heavy atom. The standard InChI is InChI=1S/C16H23N3/c1-12(2)16-14(10-17-13(3)4)11-18-19(16)15-8-6-5-7-9-15/h5-9,11-13,17H,10H2,1-4H3. The molecule has 2 rings (SSSR count). The normalized spacial score (nSPS) is 11.5. The molecule has 0 saturated carbocycles. The minimum absolute atomic E-state index is 0.451. The van der Waals surface area contributed by atoms with Crippen molar-refractivity contribution in [2.24, 2.45) is 0 Å². The first-order chi connectivity index (χ1) is 9.09. The van der Waals surface area contributed by atoms with Crippen LogP contribution in [0.25, 0.3) is 5.69 Å². The summed E-state index contributed by atoms with van der Waals surface area (Å²) in [7, 11) is 0. The van der Waals surface area contributed by atoms with E-state index >= 15 is 0 Å². The first-order valence-electron chi connectivity index (χ1n) is 6.95. The molecule has 0 fully saturated rings. The molecule has 1 heterocycles. The Labute approximate surface area is 115 Å². The molecule has 1 aromatic heterocycles. The second kappa shape index (κ2) is 6.02. The van der Waals surface area contributed by atoms with Crippen LogP contribution in [0.5, 0.6) is 0 Å². The fourth-order valence-corrected chi connectivity index (χ4v) is 2.23. The lowest BCUT2D eigenvalue weighted by Gasteiger charge is -2.14. The highest BCUT2D eigenvalue weighted by atomic mass is 15.3. The fraction of sp³-hybridized carbons (Fsp3) is 0.438. The molecular formula is C16H23N3. The van der Waals surface area contributed by atoms with Crippen LogP contribution in [0.3, 0.4) is 0 Å². The van der Waals surface area contributed by atoms with E-state index in [1.807, 2.05) is 24.4 Å². The molecule has 0 bridgehead atoms. The van der Waals surface area contributed by atoms with Crippen LogP contribution < -0.4 is 5.32 Å². The minimum atomic E-state index is 0.451. The van der Waals surface area contributed by atoms with Crippen LogP contribution in [0, 0.1) is 0 Å². The predicted octanol–water partition coefficient (Wildman–Crippen LogP) is 3.49. The number of aromatic nitrogens is 2. The van der Waals surface area contributed by atoms with E-state index in [-0.39, 0.29) is 0 Å². The van der Waals surface area contributed by atoms with Crippen molar-refractivity contribution in [2.75, 3.05) is 0 Å². The highest BCUT2D eigenvalue weighted by Crippen LogP contribution is 2.22. The molecule has 19 heavy (non-hydrogen) atoms. The first kappa shape index (κ1) is 13.8. The molecule has 0 amide bonds. The number of hydrogen-bond donors (Lipinski definition) is 1. The predicted molar refractivity (Wildman–Crippen MR) is 79.6 cm³/mol. The van der Waals surface area contributed by atoms with Crippen molar-refractivity contribution in [1.82, 2.24) is 15.1 Å². The Morgan fingerprint density at radius 3 is 2.37 bits per heavy atom. The Balaban J connectivity index is 2.35. The number of rotatable bonds is 5. The van der Waals surface area contributed by atoms with Crippen molar-refractivity contribution in [2.45, 2.75) is 46.2 Å². The summed E-state index contributed by atoms with van der Waals surface area (Å²) in [6.07, 6.45) is 1.98. The summed E-state index contributed by atoms with van der Waals surface area (Å²) in [5.41, 5.74) is 3.70. The van der Waals surface area contributed by atoms with Crippen molar-refractivity contribution in [3.05, 3.63) is 47.8 Å². The van der Waals surface area contributed by atoms with Crippen molar-refractivity contribution in [3.8, 4) is 5.69 Å². The monoisotopic (exact) mass is 257 g/mol. The summed E-state index contributed by atoms with van der Waals surface area (Å²) >= 11 is 0. The summed E-state index contributed by atoms with van der Waals surface area (Å²) in [4.78, 5) is 0. The van der Waals surface area contributed by atoms with Gasteiger partial charge in [-0.1, -0.05) is 45.9 Å². The second-order valence-electron chi connectivity index (χ2n) is 5.49. The molecule has 102 valence electrons. The molecule has 1 aromatic carbocycles. The van der Waals surface area contributed by atoms with Gasteiger partial charge < -0.3 is 5.32 Å². The van der Waals surface area contributed by atoms with Crippen molar-refractivity contribution in [3.63, 3.8) is 0 Å². The van der Waals surface area contributed by atoms with Crippen molar-refractivity contribution in [1.29, 1.82) is 0 Å². The van der Waals surface area contributed by atoms with Gasteiger partial charge in [-0.2, -0.15) is 5.10 Å². The summed E-state index contributed by atoms with van der Waals surface area (Å²) in [5, 5.41) is 8.03. The maximum Gasteiger partial charge on any atom is 0.0649 e. The zero-order valence-electron chi connectivity index (χ0n) is 12.2. The van der Waals surface area contributed by atoms with Crippen LogP contribution in [-0.4, -0.2) is 15.8 Å². The van der Waals surface area contributed by atoms with Gasteiger partial charge in [0.15, 0.2) is 0 Å². The molecule has 0 saturated heterocycles. The number of nitrogens with one attached hydrogen (secondary N) is 1. The summed E-state index contributed by atoms with van der Waals surface area (Å²) < 4.78 is 2.06. The molecule has 0 aliphatic rings. The molecule has 1 N–H and O–H groups in total. The van der Waals surface area contributed by atoms with Gasteiger partial charge in [0.05, 0.1) is 17.6 Å². The lowest BCUT2D eigenvalue weighted by atomic mass is 10.1. The third-order valence-corrected chi connectivity index (χ3v) is 3.13. The SMILES string of the molecule is CC(C)NCc1cnn(-c2ccccc2)c1C(C)C. The van der Waals surface area contributed by atoms with E-state index in [0.29, 0.717) is 12.0 Å². The van der Waals surface area contributed by atoms with Gasteiger partial charge in [-0.15, -0.1) is 0 Å². The van der Waals surface area contributed by atoms with E-state index in [9.17, 15) is 0 Å². The van der Waals surface area contributed by atoms with Gasteiger partial charge in [0.2, 0.25) is 0 Å². The molecular weight excluding hydrogens is 234 g/mol. The second-order valence-corrected chi connectivity index (χ2v) is 5.49. The molecule has 0 atom stereocenters. The minimum Gasteiger partial charge on any atom is -0.310 e. The fourth-order valence-electron chi connectivity index (χ4n) is 2.23. The van der Waals surface area contributed by atoms with Crippen molar-refractivity contribution >= 4 is 0 Å². The molecule has 3 heteroatoms. The van der Waals surface area contributed by atoms with Gasteiger partial charge in [0, 0.05) is 18.2 Å². The van der Waals surface area contributed by atoms with Gasteiger partial charge in [-0.25, -0.2) is 4.68 Å². The smallest absolute Gasteiger partial charge is 0.0649 e. The lowest BCUT2D eigenvalue weighted by Crippen LogP contribution is -2.22. The van der Waals surface area contributed by atoms with Gasteiger partial charge in [-0.05, 0) is 18.1 Å².